The number of benzene rings is 1. The number of halogens is 1. The Morgan fingerprint density at radius 2 is 2.24 bits per heavy atom. The van der Waals surface area contributed by atoms with Crippen LogP contribution in [-0.4, -0.2) is 34.7 Å². The monoisotopic (exact) mass is 360 g/mol. The lowest BCUT2D eigenvalue weighted by atomic mass is 9.95. The highest BCUT2D eigenvalue weighted by atomic mass is 79.9. The topological polar surface area (TPSA) is 102 Å². The Balaban J connectivity index is 2.88. The first-order valence-electron chi connectivity index (χ1n) is 6.22. The smallest absolute Gasteiger partial charge is 0.323 e. The first kappa shape index (κ1) is 17.4. The van der Waals surface area contributed by atoms with E-state index in [0.29, 0.717) is 10.2 Å². The summed E-state index contributed by atoms with van der Waals surface area (Å²) < 4.78 is 6.20. The Bertz CT molecular complexity index is 551. The summed E-state index contributed by atoms with van der Waals surface area (Å²) >= 11 is 3.25. The molecule has 0 radical (unpaired) electrons. The predicted molar refractivity (Wildman–Crippen MR) is 80.6 cm³/mol. The molecule has 1 rings (SSSR count). The zero-order valence-electron chi connectivity index (χ0n) is 11.9. The van der Waals surface area contributed by atoms with Crippen LogP contribution in [-0.2, 0) is 4.79 Å². The number of nitrogens with one attached hydrogen (secondary N) is 1. The van der Waals surface area contributed by atoms with Gasteiger partial charge in [-0.1, -0.05) is 0 Å². The van der Waals surface area contributed by atoms with Crippen LogP contribution in [0.1, 0.15) is 20.3 Å². The standard InChI is InChI=1S/C13H17BrN2O5/c1-8(7-13(2,15-3)12(17)18)21-11-6-9(16(19)20)4-5-10(11)14/h4-6,8,15H,7H2,1-3H3,(H,17,18). The maximum atomic E-state index is 11.2. The molecule has 0 amide bonds. The lowest BCUT2D eigenvalue weighted by Crippen LogP contribution is -2.50. The summed E-state index contributed by atoms with van der Waals surface area (Å²) in [4.78, 5) is 21.5. The number of carbonyl (C=O) groups is 1. The number of aliphatic carboxylic acids is 1. The van der Waals surface area contributed by atoms with Crippen molar-refractivity contribution in [3.63, 3.8) is 0 Å². The van der Waals surface area contributed by atoms with Crippen LogP contribution in [0.2, 0.25) is 0 Å². The zero-order chi connectivity index (χ0) is 16.2. The highest BCUT2D eigenvalue weighted by Gasteiger charge is 2.33. The second-order valence-electron chi connectivity index (χ2n) is 4.89. The van der Waals surface area contributed by atoms with E-state index in [4.69, 9.17) is 4.74 Å². The maximum absolute atomic E-state index is 11.2. The van der Waals surface area contributed by atoms with Crippen molar-refractivity contribution in [2.24, 2.45) is 0 Å². The number of hydrogen-bond acceptors (Lipinski definition) is 5. The average molecular weight is 361 g/mol. The number of likely N-dealkylation sites (N-methyl/N-ethyl adjacent to an activating group) is 1. The summed E-state index contributed by atoms with van der Waals surface area (Å²) in [7, 11) is 1.56. The van der Waals surface area contributed by atoms with Gasteiger partial charge in [0.05, 0.1) is 21.6 Å². The number of nitro benzene ring substituents is 1. The summed E-state index contributed by atoms with van der Waals surface area (Å²) in [6, 6.07) is 4.18. The minimum atomic E-state index is -1.13. The Morgan fingerprint density at radius 3 is 2.71 bits per heavy atom. The van der Waals surface area contributed by atoms with Crippen molar-refractivity contribution >= 4 is 27.6 Å². The molecule has 8 heteroatoms. The quantitative estimate of drug-likeness (QED) is 0.572. The van der Waals surface area contributed by atoms with E-state index in [1.807, 2.05) is 0 Å². The first-order valence-corrected chi connectivity index (χ1v) is 7.02. The fourth-order valence-corrected chi connectivity index (χ4v) is 2.17. The largest absolute Gasteiger partial charge is 0.489 e. The van der Waals surface area contributed by atoms with Gasteiger partial charge in [0, 0.05) is 12.5 Å². The summed E-state index contributed by atoms with van der Waals surface area (Å²) in [5.41, 5.74) is -1.22. The van der Waals surface area contributed by atoms with Crippen molar-refractivity contribution in [2.75, 3.05) is 7.05 Å². The minimum Gasteiger partial charge on any atom is -0.489 e. The van der Waals surface area contributed by atoms with Crippen LogP contribution in [0.4, 0.5) is 5.69 Å². The second kappa shape index (κ2) is 6.86. The third-order valence-electron chi connectivity index (χ3n) is 3.17. The SMILES string of the molecule is CNC(C)(CC(C)Oc1cc([N+](=O)[O-])ccc1Br)C(=O)O. The van der Waals surface area contributed by atoms with Crippen LogP contribution in [0, 0.1) is 10.1 Å². The third kappa shape index (κ3) is 4.40. The molecule has 21 heavy (non-hydrogen) atoms. The Hall–Kier alpha value is -1.67. The Kier molecular flexibility index (Phi) is 5.68. The molecule has 2 unspecified atom stereocenters. The molecule has 1 aromatic rings. The van der Waals surface area contributed by atoms with E-state index in [-0.39, 0.29) is 12.1 Å². The number of carboxylic acids is 1. The van der Waals surface area contributed by atoms with E-state index in [9.17, 15) is 20.0 Å². The Morgan fingerprint density at radius 1 is 1.62 bits per heavy atom. The van der Waals surface area contributed by atoms with Gasteiger partial charge < -0.3 is 15.2 Å². The third-order valence-corrected chi connectivity index (χ3v) is 3.83. The van der Waals surface area contributed by atoms with Crippen LogP contribution in [0.5, 0.6) is 5.75 Å². The van der Waals surface area contributed by atoms with E-state index >= 15 is 0 Å². The molecule has 0 aliphatic rings. The molecule has 2 atom stereocenters. The predicted octanol–water partition coefficient (Wildman–Crippen LogP) is 2.58. The molecule has 0 fully saturated rings. The highest BCUT2D eigenvalue weighted by molar-refractivity contribution is 9.10. The van der Waals surface area contributed by atoms with E-state index in [1.54, 1.807) is 20.9 Å². The van der Waals surface area contributed by atoms with Crippen molar-refractivity contribution < 1.29 is 19.6 Å². The second-order valence-corrected chi connectivity index (χ2v) is 5.75. The molecule has 0 heterocycles. The van der Waals surface area contributed by atoms with Gasteiger partial charge in [-0.2, -0.15) is 0 Å². The summed E-state index contributed by atoms with van der Waals surface area (Å²) in [6.45, 7) is 3.27. The zero-order valence-corrected chi connectivity index (χ0v) is 13.5. The normalized spacial score (nSPS) is 15.0. The van der Waals surface area contributed by atoms with Gasteiger partial charge in [0.1, 0.15) is 11.3 Å². The van der Waals surface area contributed by atoms with Crippen molar-refractivity contribution in [3.8, 4) is 5.75 Å². The van der Waals surface area contributed by atoms with Gasteiger partial charge in [-0.15, -0.1) is 0 Å². The summed E-state index contributed by atoms with van der Waals surface area (Å²) in [6.07, 6.45) is -0.245. The molecule has 1 aromatic carbocycles. The van der Waals surface area contributed by atoms with Crippen molar-refractivity contribution in [2.45, 2.75) is 31.9 Å². The fourth-order valence-electron chi connectivity index (χ4n) is 1.83. The van der Waals surface area contributed by atoms with Gasteiger partial charge in [-0.3, -0.25) is 14.9 Å². The van der Waals surface area contributed by atoms with Crippen LogP contribution in [0.15, 0.2) is 22.7 Å². The molecule has 0 aliphatic heterocycles. The molecule has 0 saturated heterocycles. The molecular formula is C13H17BrN2O5. The van der Waals surface area contributed by atoms with Gasteiger partial charge >= 0.3 is 5.97 Å². The van der Waals surface area contributed by atoms with Crippen LogP contribution >= 0.6 is 15.9 Å². The molecule has 0 saturated carbocycles. The maximum Gasteiger partial charge on any atom is 0.323 e. The number of rotatable bonds is 7. The first-order chi connectivity index (χ1) is 9.69. The van der Waals surface area contributed by atoms with Crippen molar-refractivity contribution in [1.29, 1.82) is 0 Å². The molecule has 7 nitrogen and oxygen atoms in total. The van der Waals surface area contributed by atoms with Crippen LogP contribution in [0.25, 0.3) is 0 Å². The van der Waals surface area contributed by atoms with Crippen molar-refractivity contribution in [1.82, 2.24) is 5.32 Å². The Labute approximate surface area is 130 Å². The molecular weight excluding hydrogens is 344 g/mol. The summed E-state index contributed by atoms with van der Waals surface area (Å²) in [5, 5.41) is 22.7. The van der Waals surface area contributed by atoms with Gasteiger partial charge in [0.25, 0.3) is 5.69 Å². The van der Waals surface area contributed by atoms with E-state index < -0.39 is 22.5 Å². The highest BCUT2D eigenvalue weighted by Crippen LogP contribution is 2.31. The van der Waals surface area contributed by atoms with Gasteiger partial charge in [-0.05, 0) is 42.9 Å². The number of hydrogen-bond donors (Lipinski definition) is 2. The lowest BCUT2D eigenvalue weighted by molar-refractivity contribution is -0.385. The molecule has 2 N–H and O–H groups in total. The van der Waals surface area contributed by atoms with Crippen molar-refractivity contribution in [3.05, 3.63) is 32.8 Å². The number of nitro groups is 1. The number of non-ortho nitro benzene ring substituents is 1. The van der Waals surface area contributed by atoms with E-state index in [1.165, 1.54) is 18.2 Å². The van der Waals surface area contributed by atoms with E-state index in [0.717, 1.165) is 0 Å². The van der Waals surface area contributed by atoms with Gasteiger partial charge in [0.2, 0.25) is 0 Å². The minimum absolute atomic E-state index is 0.0880. The number of ether oxygens (including phenoxy) is 1. The summed E-state index contributed by atoms with van der Waals surface area (Å²) in [5.74, 6) is -0.681. The van der Waals surface area contributed by atoms with Crippen LogP contribution in [0.3, 0.4) is 0 Å². The lowest BCUT2D eigenvalue weighted by Gasteiger charge is -2.28. The van der Waals surface area contributed by atoms with Gasteiger partial charge in [0.15, 0.2) is 0 Å². The number of nitrogens with zero attached hydrogens (tertiary/aromatic N) is 1. The molecule has 116 valence electrons. The van der Waals surface area contributed by atoms with Gasteiger partial charge in [-0.25, -0.2) is 0 Å². The van der Waals surface area contributed by atoms with Crippen LogP contribution < -0.4 is 10.1 Å². The molecule has 0 aromatic heterocycles. The molecule has 0 spiro atoms. The molecule has 0 bridgehead atoms. The molecule has 0 aliphatic carbocycles. The average Bonchev–Trinajstić information content (AvgIpc) is 2.40. The number of carboxylic acid groups (broad SMARTS) is 1. The fraction of sp³-hybridized carbons (Fsp3) is 0.462. The van der Waals surface area contributed by atoms with E-state index in [2.05, 4.69) is 21.2 Å².